The number of nitrogens with two attached hydrogens (primary N) is 2. The molecule has 4 N–H and O–H groups in total. The van der Waals surface area contributed by atoms with Gasteiger partial charge < -0.3 is 21.3 Å². The molecule has 164 valence electrons. The van der Waals surface area contributed by atoms with Gasteiger partial charge in [0.25, 0.3) is 0 Å². The van der Waals surface area contributed by atoms with Crippen LogP contribution in [-0.2, 0) is 20.9 Å². The number of aromatic nitrogens is 2. The number of nitrogens with zero attached hydrogens (tertiary/aromatic N) is 4. The number of carbonyl (C=O) groups excluding carboxylic acids is 3. The molecule has 3 aromatic rings. The van der Waals surface area contributed by atoms with Crippen LogP contribution in [-0.4, -0.2) is 56.6 Å². The Labute approximate surface area is 192 Å². The molecule has 1 saturated heterocycles. The number of thiophene rings is 1. The summed E-state index contributed by atoms with van der Waals surface area (Å²) in [5, 5.41) is 0.692. The highest BCUT2D eigenvalue weighted by Gasteiger charge is 2.41. The van der Waals surface area contributed by atoms with Crippen molar-refractivity contribution in [1.82, 2.24) is 19.8 Å². The van der Waals surface area contributed by atoms with Gasteiger partial charge in [-0.25, -0.2) is 9.97 Å². The molecular formula is C21H19ClN6O3S. The smallest absolute Gasteiger partial charge is 0.313 e. The summed E-state index contributed by atoms with van der Waals surface area (Å²) in [5.41, 5.74) is 12.8. The summed E-state index contributed by atoms with van der Waals surface area (Å²) < 4.78 is 0.641. The summed E-state index contributed by atoms with van der Waals surface area (Å²) >= 11 is 7.29. The summed E-state index contributed by atoms with van der Waals surface area (Å²) in [6, 6.07) is 7.97. The Hall–Kier alpha value is -3.50. The summed E-state index contributed by atoms with van der Waals surface area (Å²) in [6.45, 7) is 0.210. The number of halogens is 1. The van der Waals surface area contributed by atoms with Gasteiger partial charge in [0.2, 0.25) is 5.91 Å². The number of fused-ring (bicyclic) bond motifs is 1. The Morgan fingerprint density at radius 3 is 2.75 bits per heavy atom. The Morgan fingerprint density at radius 1 is 1.22 bits per heavy atom. The molecule has 1 atom stereocenters. The van der Waals surface area contributed by atoms with E-state index in [1.54, 1.807) is 36.4 Å². The van der Waals surface area contributed by atoms with Crippen LogP contribution in [0.1, 0.15) is 10.4 Å². The fourth-order valence-electron chi connectivity index (χ4n) is 3.52. The number of benzene rings is 1. The molecule has 0 radical (unpaired) electrons. The lowest BCUT2D eigenvalue weighted by Crippen LogP contribution is -2.63. The van der Waals surface area contributed by atoms with Crippen molar-refractivity contribution in [2.75, 3.05) is 18.8 Å². The van der Waals surface area contributed by atoms with Gasteiger partial charge in [0.05, 0.1) is 16.4 Å². The van der Waals surface area contributed by atoms with Gasteiger partial charge in [-0.15, -0.1) is 11.3 Å². The molecule has 32 heavy (non-hydrogen) atoms. The number of hydrogen-bond donors (Lipinski definition) is 2. The number of primary amides is 1. The molecule has 0 bridgehead atoms. The molecule has 0 aliphatic carbocycles. The van der Waals surface area contributed by atoms with E-state index in [1.165, 1.54) is 27.5 Å². The first-order valence-corrected chi connectivity index (χ1v) is 10.8. The third kappa shape index (κ3) is 4.41. The lowest BCUT2D eigenvalue weighted by Gasteiger charge is -2.38. The standard InChI is InChI=1S/C21H19ClN6O3S/c22-17-6-4-13(32-17)2-1-7-28-16(19(24)29)10-27(20(30)21(28)31)9-12-3-5-14-15(8-12)25-11-26-18(14)23/h1-6,8,11,16H,7,9-10H2,(H2,24,29)(H2,23,25,26). The fraction of sp³-hybridized carbons (Fsp3) is 0.190. The minimum atomic E-state index is -0.935. The van der Waals surface area contributed by atoms with E-state index in [1.807, 2.05) is 6.07 Å². The molecular weight excluding hydrogens is 452 g/mol. The van der Waals surface area contributed by atoms with Crippen molar-refractivity contribution in [3.63, 3.8) is 0 Å². The van der Waals surface area contributed by atoms with E-state index in [4.69, 9.17) is 23.1 Å². The molecule has 1 unspecified atom stereocenters. The molecule has 1 fully saturated rings. The molecule has 1 aromatic carbocycles. The van der Waals surface area contributed by atoms with Crippen LogP contribution in [0.15, 0.2) is 42.7 Å². The van der Waals surface area contributed by atoms with Crippen molar-refractivity contribution in [2.24, 2.45) is 5.73 Å². The summed E-state index contributed by atoms with van der Waals surface area (Å²) in [4.78, 5) is 49.2. The third-order valence-electron chi connectivity index (χ3n) is 5.11. The lowest BCUT2D eigenvalue weighted by atomic mass is 10.1. The van der Waals surface area contributed by atoms with Crippen LogP contribution in [0.5, 0.6) is 0 Å². The number of carbonyl (C=O) groups is 3. The lowest BCUT2D eigenvalue weighted by molar-refractivity contribution is -0.160. The molecule has 4 rings (SSSR count). The average molecular weight is 471 g/mol. The first kappa shape index (κ1) is 21.7. The van der Waals surface area contributed by atoms with Gasteiger partial charge in [-0.3, -0.25) is 14.4 Å². The molecule has 11 heteroatoms. The van der Waals surface area contributed by atoms with Crippen LogP contribution in [0.2, 0.25) is 4.34 Å². The van der Waals surface area contributed by atoms with Gasteiger partial charge >= 0.3 is 11.8 Å². The summed E-state index contributed by atoms with van der Waals surface area (Å²) in [5.74, 6) is -1.80. The number of amides is 3. The second-order valence-electron chi connectivity index (χ2n) is 7.22. The zero-order valence-electron chi connectivity index (χ0n) is 16.8. The number of rotatable bonds is 6. The Balaban J connectivity index is 1.51. The quantitative estimate of drug-likeness (QED) is 0.526. The molecule has 1 aliphatic rings. The van der Waals surface area contributed by atoms with E-state index in [2.05, 4.69) is 9.97 Å². The van der Waals surface area contributed by atoms with Gasteiger partial charge in [-0.2, -0.15) is 0 Å². The fourth-order valence-corrected chi connectivity index (χ4v) is 4.51. The Morgan fingerprint density at radius 2 is 2.03 bits per heavy atom. The van der Waals surface area contributed by atoms with Crippen LogP contribution in [0.25, 0.3) is 17.0 Å². The van der Waals surface area contributed by atoms with Gasteiger partial charge in [0.1, 0.15) is 18.2 Å². The van der Waals surface area contributed by atoms with E-state index < -0.39 is 23.8 Å². The van der Waals surface area contributed by atoms with Crippen LogP contribution in [0.4, 0.5) is 5.82 Å². The minimum absolute atomic E-state index is 0.00251. The largest absolute Gasteiger partial charge is 0.383 e. The van der Waals surface area contributed by atoms with Gasteiger partial charge in [-0.1, -0.05) is 23.7 Å². The van der Waals surface area contributed by atoms with Crippen LogP contribution in [0.3, 0.4) is 0 Å². The van der Waals surface area contributed by atoms with Crippen LogP contribution >= 0.6 is 22.9 Å². The Bertz CT molecular complexity index is 1240. The highest BCUT2D eigenvalue weighted by Crippen LogP contribution is 2.23. The van der Waals surface area contributed by atoms with Crippen molar-refractivity contribution in [3.05, 3.63) is 57.5 Å². The molecule has 0 spiro atoms. The first-order chi connectivity index (χ1) is 15.3. The van der Waals surface area contributed by atoms with Gasteiger partial charge in [0, 0.05) is 23.4 Å². The monoisotopic (exact) mass is 470 g/mol. The number of piperazine rings is 1. The maximum Gasteiger partial charge on any atom is 0.313 e. The normalized spacial score (nSPS) is 17.0. The average Bonchev–Trinajstić information content (AvgIpc) is 3.18. The molecule has 0 saturated carbocycles. The number of hydrogen-bond acceptors (Lipinski definition) is 7. The van der Waals surface area contributed by atoms with Crippen molar-refractivity contribution in [2.45, 2.75) is 12.6 Å². The zero-order chi connectivity index (χ0) is 22.8. The predicted molar refractivity (Wildman–Crippen MR) is 122 cm³/mol. The zero-order valence-corrected chi connectivity index (χ0v) is 18.3. The van der Waals surface area contributed by atoms with Crippen molar-refractivity contribution in [3.8, 4) is 0 Å². The van der Waals surface area contributed by atoms with Crippen LogP contribution in [0, 0.1) is 0 Å². The summed E-state index contributed by atoms with van der Waals surface area (Å²) in [7, 11) is 0. The van der Waals surface area contributed by atoms with E-state index in [0.29, 0.717) is 21.1 Å². The van der Waals surface area contributed by atoms with Gasteiger partial charge in [-0.05, 0) is 35.9 Å². The second-order valence-corrected chi connectivity index (χ2v) is 8.96. The van der Waals surface area contributed by atoms with E-state index >= 15 is 0 Å². The number of nitrogen functional groups attached to an aromatic ring is 1. The van der Waals surface area contributed by atoms with Crippen LogP contribution < -0.4 is 11.5 Å². The van der Waals surface area contributed by atoms with Crippen molar-refractivity contribution in [1.29, 1.82) is 0 Å². The maximum absolute atomic E-state index is 12.8. The maximum atomic E-state index is 12.8. The second kappa shape index (κ2) is 8.93. The van der Waals surface area contributed by atoms with Crippen molar-refractivity contribution < 1.29 is 14.4 Å². The highest BCUT2D eigenvalue weighted by atomic mass is 35.5. The van der Waals surface area contributed by atoms with E-state index in [0.717, 1.165) is 10.4 Å². The van der Waals surface area contributed by atoms with Gasteiger partial charge in [0.15, 0.2) is 0 Å². The molecule has 1 aliphatic heterocycles. The van der Waals surface area contributed by atoms with E-state index in [-0.39, 0.29) is 19.6 Å². The topological polar surface area (TPSA) is 136 Å². The van der Waals surface area contributed by atoms with E-state index in [9.17, 15) is 14.4 Å². The molecule has 2 aromatic heterocycles. The number of anilines is 1. The highest BCUT2D eigenvalue weighted by molar-refractivity contribution is 7.16. The SMILES string of the molecule is NC(=O)C1CN(Cc2ccc3c(N)ncnc3c2)C(=O)C(=O)N1CC=Cc1ccc(Cl)s1. The predicted octanol–water partition coefficient (Wildman–Crippen LogP) is 1.67. The molecule has 3 amide bonds. The molecule has 9 nitrogen and oxygen atoms in total. The first-order valence-electron chi connectivity index (χ1n) is 9.63. The molecule has 3 heterocycles. The minimum Gasteiger partial charge on any atom is -0.383 e. The Kier molecular flexibility index (Phi) is 6.06. The van der Waals surface area contributed by atoms with Crippen molar-refractivity contribution >= 4 is 63.5 Å². The third-order valence-corrected chi connectivity index (χ3v) is 6.31. The summed E-state index contributed by atoms with van der Waals surface area (Å²) in [6.07, 6.45) is 4.84.